The number of aromatic nitrogens is 2. The van der Waals surface area contributed by atoms with E-state index in [0.29, 0.717) is 43.1 Å². The van der Waals surface area contributed by atoms with Crippen LogP contribution in [0.15, 0.2) is 73.4 Å². The number of halogens is 1. The third-order valence-corrected chi connectivity index (χ3v) is 7.07. The van der Waals surface area contributed by atoms with Crippen LogP contribution in [0.3, 0.4) is 0 Å². The highest BCUT2D eigenvalue weighted by Crippen LogP contribution is 2.38. The number of carbonyl (C=O) groups is 2. The number of nitrogens with one attached hydrogen (secondary N) is 2. The highest BCUT2D eigenvalue weighted by atomic mass is 19.1. The van der Waals surface area contributed by atoms with Crippen molar-refractivity contribution in [3.8, 4) is 23.1 Å². The van der Waals surface area contributed by atoms with Crippen molar-refractivity contribution in [2.75, 3.05) is 25.5 Å². The van der Waals surface area contributed by atoms with E-state index in [0.717, 1.165) is 15.5 Å². The lowest BCUT2D eigenvalue weighted by Crippen LogP contribution is -2.43. The third kappa shape index (κ3) is 7.11. The summed E-state index contributed by atoms with van der Waals surface area (Å²) in [6.45, 7) is 10.3. The summed E-state index contributed by atoms with van der Waals surface area (Å²) in [7, 11) is 1.59. The maximum atomic E-state index is 15.3. The molecule has 1 fully saturated rings. The fraction of sp³-hybridized carbons (Fsp3) is 0.303. The molecule has 10 nitrogen and oxygen atoms in total. The molecule has 3 aromatic carbocycles. The first-order valence-corrected chi connectivity index (χ1v) is 14.3. The molecule has 2 N–H and O–H groups in total. The van der Waals surface area contributed by atoms with Crippen LogP contribution in [0.2, 0.25) is 0 Å². The van der Waals surface area contributed by atoms with Crippen LogP contribution >= 0.6 is 0 Å². The van der Waals surface area contributed by atoms with Gasteiger partial charge in [0.15, 0.2) is 11.5 Å². The quantitative estimate of drug-likeness (QED) is 0.218. The molecule has 0 radical (unpaired) electrons. The lowest BCUT2D eigenvalue weighted by Gasteiger charge is -2.32. The Morgan fingerprint density at radius 1 is 1.05 bits per heavy atom. The minimum Gasteiger partial charge on any atom is -0.493 e. The minimum absolute atomic E-state index is 0.0781. The van der Waals surface area contributed by atoms with Crippen LogP contribution in [0.25, 0.3) is 10.8 Å². The number of amides is 2. The lowest BCUT2D eigenvalue weighted by molar-refractivity contribution is -0.127. The highest BCUT2D eigenvalue weighted by Gasteiger charge is 2.24. The Labute approximate surface area is 255 Å². The van der Waals surface area contributed by atoms with Crippen molar-refractivity contribution in [2.24, 2.45) is 0 Å². The van der Waals surface area contributed by atoms with Gasteiger partial charge in [0.1, 0.15) is 17.7 Å². The van der Waals surface area contributed by atoms with Crippen LogP contribution in [-0.2, 0) is 4.79 Å². The Balaban J connectivity index is 1.31. The van der Waals surface area contributed by atoms with Gasteiger partial charge in [0.2, 0.25) is 11.8 Å². The fourth-order valence-corrected chi connectivity index (χ4v) is 4.93. The van der Waals surface area contributed by atoms with E-state index in [2.05, 4.69) is 22.3 Å². The smallest absolute Gasteiger partial charge is 0.342 e. The molecule has 0 spiro atoms. The van der Waals surface area contributed by atoms with E-state index in [9.17, 15) is 9.59 Å². The molecule has 2 amide bonds. The molecule has 11 heteroatoms. The summed E-state index contributed by atoms with van der Waals surface area (Å²) in [5.41, 5.74) is 0.502. The molecule has 230 valence electrons. The Bertz CT molecular complexity index is 1690. The van der Waals surface area contributed by atoms with Crippen molar-refractivity contribution in [1.29, 1.82) is 0 Å². The first-order valence-electron chi connectivity index (χ1n) is 14.3. The summed E-state index contributed by atoms with van der Waals surface area (Å²) in [4.78, 5) is 26.0. The van der Waals surface area contributed by atoms with Crippen molar-refractivity contribution in [2.45, 2.75) is 45.3 Å². The first kappa shape index (κ1) is 30.4. The summed E-state index contributed by atoms with van der Waals surface area (Å²) in [5, 5.41) is 11.8. The van der Waals surface area contributed by atoms with Crippen molar-refractivity contribution >= 4 is 34.1 Å². The Morgan fingerprint density at radius 2 is 1.82 bits per heavy atom. The molecule has 44 heavy (non-hydrogen) atoms. The number of hydrogen-bond donors (Lipinski definition) is 2. The summed E-state index contributed by atoms with van der Waals surface area (Å²) in [6.07, 6.45) is 4.09. The van der Waals surface area contributed by atoms with Gasteiger partial charge in [-0.15, -0.1) is 5.10 Å². The fourth-order valence-electron chi connectivity index (χ4n) is 4.93. The number of carbonyl (C=O) groups excluding carboxylic acids is 2. The Kier molecular flexibility index (Phi) is 8.75. The molecule has 0 aliphatic carbocycles. The van der Waals surface area contributed by atoms with Crippen LogP contribution in [-0.4, -0.2) is 58.5 Å². The zero-order valence-electron chi connectivity index (χ0n) is 25.2. The van der Waals surface area contributed by atoms with E-state index in [1.165, 1.54) is 24.4 Å². The van der Waals surface area contributed by atoms with Gasteiger partial charge in [0.05, 0.1) is 12.8 Å². The van der Waals surface area contributed by atoms with Gasteiger partial charge < -0.3 is 29.7 Å². The number of ether oxygens (including phenoxy) is 3. The Hall–Kier alpha value is -5.06. The number of rotatable bonds is 8. The van der Waals surface area contributed by atoms with Gasteiger partial charge >= 0.3 is 6.03 Å². The normalized spacial score (nSPS) is 13.8. The van der Waals surface area contributed by atoms with E-state index in [1.807, 2.05) is 51.1 Å². The van der Waals surface area contributed by atoms with Crippen LogP contribution in [0.4, 0.5) is 20.6 Å². The molecular weight excluding hydrogens is 565 g/mol. The van der Waals surface area contributed by atoms with Crippen LogP contribution < -0.4 is 24.8 Å². The molecule has 1 aromatic heterocycles. The monoisotopic (exact) mass is 601 g/mol. The first-order chi connectivity index (χ1) is 21.0. The van der Waals surface area contributed by atoms with E-state index in [4.69, 9.17) is 14.2 Å². The molecule has 5 rings (SSSR count). The largest absolute Gasteiger partial charge is 0.493 e. The van der Waals surface area contributed by atoms with Gasteiger partial charge in [-0.2, -0.15) is 4.68 Å². The van der Waals surface area contributed by atoms with Gasteiger partial charge in [-0.1, -0.05) is 18.7 Å². The van der Waals surface area contributed by atoms with Gasteiger partial charge in [0.25, 0.3) is 0 Å². The van der Waals surface area contributed by atoms with E-state index in [-0.39, 0.29) is 29.3 Å². The summed E-state index contributed by atoms with van der Waals surface area (Å²) < 4.78 is 34.1. The van der Waals surface area contributed by atoms with Crippen molar-refractivity contribution in [3.63, 3.8) is 0 Å². The van der Waals surface area contributed by atoms with E-state index < -0.39 is 17.4 Å². The number of nitrogens with zero attached hydrogens (tertiary/aromatic N) is 3. The maximum Gasteiger partial charge on any atom is 0.342 e. The minimum atomic E-state index is -0.532. The molecular formula is C33H36FN5O5. The predicted octanol–water partition coefficient (Wildman–Crippen LogP) is 6.63. The van der Waals surface area contributed by atoms with Crippen molar-refractivity contribution < 1.29 is 28.2 Å². The van der Waals surface area contributed by atoms with E-state index in [1.54, 1.807) is 24.1 Å². The number of anilines is 2. The van der Waals surface area contributed by atoms with Gasteiger partial charge in [-0.05, 0) is 62.6 Å². The van der Waals surface area contributed by atoms with E-state index >= 15 is 4.39 Å². The summed E-state index contributed by atoms with van der Waals surface area (Å²) >= 11 is 0. The number of likely N-dealkylation sites (tertiary alicyclic amines) is 1. The van der Waals surface area contributed by atoms with Crippen LogP contribution in [0, 0.1) is 5.82 Å². The molecule has 0 bridgehead atoms. The zero-order valence-corrected chi connectivity index (χ0v) is 25.2. The Morgan fingerprint density at radius 3 is 2.50 bits per heavy atom. The molecule has 1 aliphatic heterocycles. The second kappa shape index (κ2) is 12.7. The zero-order chi connectivity index (χ0) is 31.4. The standard InChI is InChI=1S/C33H36FN5O5/c1-6-31(40)38-15-12-22(13-16-38)43-29-20-24-21(18-28(29)42-5)8-7-9-26(24)35-27-11-10-23(19-25(27)34)44-30-14-17-39(37-30)32(41)36-33(2,3)4/h6-11,14,17-20,22,35H,1,12-13,15-16H2,2-5H3,(H,36,41). The number of piperidine rings is 1. The number of benzene rings is 3. The average molecular weight is 602 g/mol. The highest BCUT2D eigenvalue weighted by molar-refractivity contribution is 5.97. The summed E-state index contributed by atoms with van der Waals surface area (Å²) in [5.74, 6) is 0.935. The number of hydrogen-bond acceptors (Lipinski definition) is 7. The molecule has 0 saturated carbocycles. The predicted molar refractivity (Wildman–Crippen MR) is 167 cm³/mol. The van der Waals surface area contributed by atoms with Gasteiger partial charge in [-0.3, -0.25) is 4.79 Å². The maximum absolute atomic E-state index is 15.3. The molecule has 0 unspecified atom stereocenters. The van der Waals surface area contributed by atoms with Crippen molar-refractivity contribution in [1.82, 2.24) is 20.0 Å². The van der Waals surface area contributed by atoms with Crippen molar-refractivity contribution in [3.05, 3.63) is 79.3 Å². The molecule has 1 saturated heterocycles. The van der Waals surface area contributed by atoms with Gasteiger partial charge in [-0.25, -0.2) is 9.18 Å². The molecule has 0 atom stereocenters. The number of fused-ring (bicyclic) bond motifs is 1. The third-order valence-electron chi connectivity index (χ3n) is 7.07. The molecule has 1 aliphatic rings. The average Bonchev–Trinajstić information content (AvgIpc) is 3.46. The number of methoxy groups -OCH3 is 1. The van der Waals surface area contributed by atoms with Crippen LogP contribution in [0.5, 0.6) is 23.1 Å². The molecule has 2 heterocycles. The van der Waals surface area contributed by atoms with Gasteiger partial charge in [0, 0.05) is 60.9 Å². The lowest BCUT2D eigenvalue weighted by atomic mass is 10.1. The topological polar surface area (TPSA) is 107 Å². The SMILES string of the molecule is C=CC(=O)N1CCC(Oc2cc3c(Nc4ccc(Oc5ccn(C(=O)NC(C)(C)C)n5)cc4F)cccc3cc2OC)CC1. The second-order valence-electron chi connectivity index (χ2n) is 11.5. The molecule has 4 aromatic rings. The van der Waals surface area contributed by atoms with Crippen LogP contribution in [0.1, 0.15) is 33.6 Å². The summed E-state index contributed by atoms with van der Waals surface area (Å²) in [6, 6.07) is 15.0. The second-order valence-corrected chi connectivity index (χ2v) is 11.5.